The summed E-state index contributed by atoms with van der Waals surface area (Å²) in [5, 5.41) is 0. The highest BCUT2D eigenvalue weighted by Gasteiger charge is 2.16. The molecule has 1 heterocycles. The van der Waals surface area contributed by atoms with Crippen molar-refractivity contribution in [3.63, 3.8) is 0 Å². The molecule has 0 saturated carbocycles. The first-order chi connectivity index (χ1) is 6.66. The zero-order valence-corrected chi connectivity index (χ0v) is 8.47. The smallest absolute Gasteiger partial charge is 0.243 e. The summed E-state index contributed by atoms with van der Waals surface area (Å²) in [6.07, 6.45) is 3.95. The molecular formula is C10H15N3O. The number of likely N-dealkylation sites (N-methyl/N-ethyl adjacent to an activating group) is 1. The zero-order valence-electron chi connectivity index (χ0n) is 8.47. The molecule has 4 nitrogen and oxygen atoms in total. The summed E-state index contributed by atoms with van der Waals surface area (Å²) in [6, 6.07) is 3.18. The number of hydrogen-bond acceptors (Lipinski definition) is 3. The first-order valence-electron chi connectivity index (χ1n) is 4.60. The molecule has 0 spiro atoms. The SMILES string of the molecule is CC[C@@H](N)C(=O)N(C)c1cccnc1. The molecule has 0 saturated heterocycles. The van der Waals surface area contributed by atoms with Gasteiger partial charge in [-0.25, -0.2) is 0 Å². The second-order valence-corrected chi connectivity index (χ2v) is 3.12. The highest BCUT2D eigenvalue weighted by Crippen LogP contribution is 2.10. The average molecular weight is 193 g/mol. The van der Waals surface area contributed by atoms with Crippen LogP contribution in [-0.4, -0.2) is 24.0 Å². The number of aromatic nitrogens is 1. The topological polar surface area (TPSA) is 59.2 Å². The largest absolute Gasteiger partial charge is 0.320 e. The molecule has 1 aromatic heterocycles. The third-order valence-corrected chi connectivity index (χ3v) is 2.12. The maximum Gasteiger partial charge on any atom is 0.243 e. The van der Waals surface area contributed by atoms with Gasteiger partial charge in [-0.2, -0.15) is 0 Å². The summed E-state index contributed by atoms with van der Waals surface area (Å²) in [7, 11) is 1.70. The highest BCUT2D eigenvalue weighted by atomic mass is 16.2. The number of amides is 1. The number of anilines is 1. The Morgan fingerprint density at radius 1 is 1.71 bits per heavy atom. The van der Waals surface area contributed by atoms with E-state index in [9.17, 15) is 4.79 Å². The van der Waals surface area contributed by atoms with Crippen LogP contribution in [0.3, 0.4) is 0 Å². The van der Waals surface area contributed by atoms with Crippen molar-refractivity contribution in [2.75, 3.05) is 11.9 Å². The molecule has 2 N–H and O–H groups in total. The van der Waals surface area contributed by atoms with Crippen molar-refractivity contribution >= 4 is 11.6 Å². The van der Waals surface area contributed by atoms with Gasteiger partial charge in [0.25, 0.3) is 0 Å². The minimum atomic E-state index is -0.430. The molecule has 1 atom stereocenters. The molecule has 1 aromatic rings. The maximum atomic E-state index is 11.6. The first-order valence-corrected chi connectivity index (χ1v) is 4.60. The molecule has 1 amide bonds. The van der Waals surface area contributed by atoms with Crippen LogP contribution >= 0.6 is 0 Å². The first kappa shape index (κ1) is 10.7. The molecule has 1 rings (SSSR count). The maximum absolute atomic E-state index is 11.6. The van der Waals surface area contributed by atoms with E-state index in [0.29, 0.717) is 6.42 Å². The second kappa shape index (κ2) is 4.72. The number of rotatable bonds is 3. The van der Waals surface area contributed by atoms with Gasteiger partial charge in [-0.05, 0) is 18.6 Å². The van der Waals surface area contributed by atoms with Gasteiger partial charge in [0.1, 0.15) is 0 Å². The van der Waals surface area contributed by atoms with E-state index in [1.807, 2.05) is 13.0 Å². The van der Waals surface area contributed by atoms with Gasteiger partial charge < -0.3 is 10.6 Å². The Morgan fingerprint density at radius 2 is 2.43 bits per heavy atom. The summed E-state index contributed by atoms with van der Waals surface area (Å²) >= 11 is 0. The Labute approximate surface area is 83.7 Å². The molecule has 0 unspecified atom stereocenters. The fourth-order valence-electron chi connectivity index (χ4n) is 1.10. The van der Waals surface area contributed by atoms with Gasteiger partial charge in [0.2, 0.25) is 5.91 Å². The number of nitrogens with two attached hydrogens (primary N) is 1. The average Bonchev–Trinajstić information content (AvgIpc) is 2.27. The number of pyridine rings is 1. The van der Waals surface area contributed by atoms with Gasteiger partial charge in [0, 0.05) is 13.2 Å². The van der Waals surface area contributed by atoms with E-state index in [1.165, 1.54) is 4.90 Å². The van der Waals surface area contributed by atoms with E-state index < -0.39 is 6.04 Å². The van der Waals surface area contributed by atoms with E-state index in [1.54, 1.807) is 25.5 Å². The summed E-state index contributed by atoms with van der Waals surface area (Å²) in [6.45, 7) is 1.89. The van der Waals surface area contributed by atoms with E-state index in [0.717, 1.165) is 5.69 Å². The molecule has 14 heavy (non-hydrogen) atoms. The third-order valence-electron chi connectivity index (χ3n) is 2.12. The third kappa shape index (κ3) is 2.29. The van der Waals surface area contributed by atoms with Crippen LogP contribution in [-0.2, 0) is 4.79 Å². The Morgan fingerprint density at radius 3 is 2.93 bits per heavy atom. The molecule has 0 fully saturated rings. The quantitative estimate of drug-likeness (QED) is 0.771. The molecule has 0 radical (unpaired) electrons. The van der Waals surface area contributed by atoms with Crippen molar-refractivity contribution in [1.29, 1.82) is 0 Å². The molecule has 0 aliphatic heterocycles. The predicted octanol–water partition coefficient (Wildman–Crippen LogP) is 0.782. The van der Waals surface area contributed by atoms with Crippen LogP contribution in [0.2, 0.25) is 0 Å². The fraction of sp³-hybridized carbons (Fsp3) is 0.400. The number of carbonyl (C=O) groups excluding carboxylic acids is 1. The van der Waals surface area contributed by atoms with E-state index in [-0.39, 0.29) is 5.91 Å². The van der Waals surface area contributed by atoms with E-state index >= 15 is 0 Å². The highest BCUT2D eigenvalue weighted by molar-refractivity contribution is 5.96. The summed E-state index contributed by atoms with van der Waals surface area (Å²) < 4.78 is 0. The summed E-state index contributed by atoms with van der Waals surface area (Å²) in [5.74, 6) is -0.0829. The van der Waals surface area contributed by atoms with Crippen molar-refractivity contribution in [3.05, 3.63) is 24.5 Å². The van der Waals surface area contributed by atoms with Crippen LogP contribution in [0, 0.1) is 0 Å². The Bertz CT molecular complexity index is 299. The lowest BCUT2D eigenvalue weighted by Gasteiger charge is -2.19. The van der Waals surface area contributed by atoms with Gasteiger partial charge in [-0.1, -0.05) is 6.92 Å². The van der Waals surface area contributed by atoms with Crippen molar-refractivity contribution in [1.82, 2.24) is 4.98 Å². The van der Waals surface area contributed by atoms with Crippen LogP contribution in [0.4, 0.5) is 5.69 Å². The molecule has 0 aliphatic carbocycles. The molecular weight excluding hydrogens is 178 g/mol. The molecule has 76 valence electrons. The van der Waals surface area contributed by atoms with Gasteiger partial charge in [-0.15, -0.1) is 0 Å². The van der Waals surface area contributed by atoms with Crippen molar-refractivity contribution < 1.29 is 4.79 Å². The molecule has 4 heteroatoms. The van der Waals surface area contributed by atoms with Crippen LogP contribution in [0.1, 0.15) is 13.3 Å². The zero-order chi connectivity index (χ0) is 10.6. The Balaban J connectivity index is 2.76. The molecule has 0 aromatic carbocycles. The van der Waals surface area contributed by atoms with Crippen LogP contribution in [0.15, 0.2) is 24.5 Å². The number of nitrogens with zero attached hydrogens (tertiary/aromatic N) is 2. The van der Waals surface area contributed by atoms with Crippen molar-refractivity contribution in [3.8, 4) is 0 Å². The summed E-state index contributed by atoms with van der Waals surface area (Å²) in [5.41, 5.74) is 6.41. The normalized spacial score (nSPS) is 12.2. The standard InChI is InChI=1S/C10H15N3O/c1-3-9(11)10(14)13(2)8-5-4-6-12-7-8/h4-7,9H,3,11H2,1-2H3/t9-/m1/s1. The van der Waals surface area contributed by atoms with E-state index in [4.69, 9.17) is 5.73 Å². The number of carbonyl (C=O) groups is 1. The lowest BCUT2D eigenvalue weighted by atomic mass is 10.2. The fourth-order valence-corrected chi connectivity index (χ4v) is 1.10. The van der Waals surface area contributed by atoms with Gasteiger partial charge in [0.05, 0.1) is 17.9 Å². The van der Waals surface area contributed by atoms with Crippen LogP contribution in [0.25, 0.3) is 0 Å². The van der Waals surface area contributed by atoms with Crippen LogP contribution in [0.5, 0.6) is 0 Å². The molecule has 0 aliphatic rings. The Hall–Kier alpha value is -1.42. The monoisotopic (exact) mass is 193 g/mol. The van der Waals surface area contributed by atoms with Gasteiger partial charge in [0.15, 0.2) is 0 Å². The summed E-state index contributed by atoms with van der Waals surface area (Å²) in [4.78, 5) is 17.1. The minimum Gasteiger partial charge on any atom is -0.320 e. The predicted molar refractivity (Wildman–Crippen MR) is 55.9 cm³/mol. The lowest BCUT2D eigenvalue weighted by molar-refractivity contribution is -0.119. The van der Waals surface area contributed by atoms with Crippen molar-refractivity contribution in [2.24, 2.45) is 5.73 Å². The number of hydrogen-bond donors (Lipinski definition) is 1. The Kier molecular flexibility index (Phi) is 3.59. The van der Waals surface area contributed by atoms with Gasteiger partial charge >= 0.3 is 0 Å². The molecule has 0 bridgehead atoms. The second-order valence-electron chi connectivity index (χ2n) is 3.12. The lowest BCUT2D eigenvalue weighted by Crippen LogP contribution is -2.41. The van der Waals surface area contributed by atoms with E-state index in [2.05, 4.69) is 4.98 Å². The van der Waals surface area contributed by atoms with Gasteiger partial charge in [-0.3, -0.25) is 9.78 Å². The minimum absolute atomic E-state index is 0.0829. The van der Waals surface area contributed by atoms with Crippen LogP contribution < -0.4 is 10.6 Å². The van der Waals surface area contributed by atoms with Crippen molar-refractivity contribution in [2.45, 2.75) is 19.4 Å².